The highest BCUT2D eigenvalue weighted by Gasteiger charge is 2.14. The van der Waals surface area contributed by atoms with Crippen LogP contribution in [0.4, 0.5) is 0 Å². The Labute approximate surface area is 347 Å². The Kier molecular flexibility index (Phi) is 45.1. The lowest BCUT2D eigenvalue weighted by Crippen LogP contribution is -2.27. The third kappa shape index (κ3) is 41.3. The van der Waals surface area contributed by atoms with E-state index in [-0.39, 0.29) is 12.1 Å². The van der Waals surface area contributed by atoms with Crippen molar-refractivity contribution in [1.29, 1.82) is 0 Å². The molecular formula is C48H95NO3S2. The summed E-state index contributed by atoms with van der Waals surface area (Å²) in [5.74, 6) is 3.52. The molecule has 0 bridgehead atoms. The molecule has 4 nitrogen and oxygen atoms in total. The Balaban J connectivity index is 4.29. The summed E-state index contributed by atoms with van der Waals surface area (Å²) in [4.78, 5) is 15.6. The summed E-state index contributed by atoms with van der Waals surface area (Å²) < 4.78 is 12.0. The molecule has 6 heteroatoms. The first-order chi connectivity index (χ1) is 26.6. The van der Waals surface area contributed by atoms with Crippen LogP contribution >= 0.6 is 21.6 Å². The number of nitrogens with zero attached hydrogens (tertiary/aromatic N) is 1. The monoisotopic (exact) mass is 798 g/mol. The zero-order valence-electron chi connectivity index (χ0n) is 37.1. The molecule has 0 fully saturated rings. The second-order valence-corrected chi connectivity index (χ2v) is 19.1. The molecule has 0 aromatic heterocycles. The standard InChI is InChI=1S/C48H95NO3S2/c1-6-10-13-16-19-20-26-35-44-51-46(5)37-28-27-33-42-49(43-34-36-45-54-53-9-4)41-32-25-21-24-31-40-48(50)52-47(38-29-22-17-14-11-7-2)39-30-23-18-15-12-8-3/h47H,5-45H2,1-4H3. The van der Waals surface area contributed by atoms with Crippen molar-refractivity contribution in [2.75, 3.05) is 37.7 Å². The maximum atomic E-state index is 12.8. The van der Waals surface area contributed by atoms with E-state index in [9.17, 15) is 4.79 Å². The van der Waals surface area contributed by atoms with Gasteiger partial charge < -0.3 is 14.4 Å². The summed E-state index contributed by atoms with van der Waals surface area (Å²) in [5.41, 5.74) is 0. The summed E-state index contributed by atoms with van der Waals surface area (Å²) in [7, 11) is 4.03. The first-order valence-electron chi connectivity index (χ1n) is 24.0. The molecule has 54 heavy (non-hydrogen) atoms. The number of carbonyl (C=O) groups excluding carboxylic acids is 1. The van der Waals surface area contributed by atoms with Gasteiger partial charge in [0.2, 0.25) is 0 Å². The molecule has 0 radical (unpaired) electrons. The molecule has 0 spiro atoms. The molecule has 0 aromatic carbocycles. The minimum Gasteiger partial charge on any atom is -0.499 e. The molecule has 0 heterocycles. The van der Waals surface area contributed by atoms with E-state index in [1.54, 1.807) is 0 Å². The second-order valence-electron chi connectivity index (χ2n) is 16.2. The van der Waals surface area contributed by atoms with Crippen LogP contribution in [-0.4, -0.2) is 54.7 Å². The quantitative estimate of drug-likeness (QED) is 0.0264. The summed E-state index contributed by atoms with van der Waals surface area (Å²) in [5, 5.41) is 0. The first kappa shape index (κ1) is 53.7. The second kappa shape index (κ2) is 45.4. The van der Waals surface area contributed by atoms with Gasteiger partial charge >= 0.3 is 5.97 Å². The highest BCUT2D eigenvalue weighted by Crippen LogP contribution is 2.22. The van der Waals surface area contributed by atoms with E-state index in [4.69, 9.17) is 9.47 Å². The van der Waals surface area contributed by atoms with Crippen LogP contribution in [0.15, 0.2) is 12.3 Å². The third-order valence-electron chi connectivity index (χ3n) is 10.8. The van der Waals surface area contributed by atoms with Crippen LogP contribution in [0.1, 0.15) is 246 Å². The van der Waals surface area contributed by atoms with E-state index in [1.807, 2.05) is 21.6 Å². The normalized spacial score (nSPS) is 11.6. The number of allylic oxidation sites excluding steroid dienone is 1. The molecular weight excluding hydrogens is 703 g/mol. The summed E-state index contributed by atoms with van der Waals surface area (Å²) in [6.07, 6.45) is 42.4. The van der Waals surface area contributed by atoms with Gasteiger partial charge in [0.15, 0.2) is 0 Å². The molecule has 0 aliphatic heterocycles. The number of carbonyl (C=O) groups is 1. The van der Waals surface area contributed by atoms with E-state index in [2.05, 4.69) is 39.2 Å². The zero-order valence-corrected chi connectivity index (χ0v) is 38.7. The molecule has 0 aromatic rings. The van der Waals surface area contributed by atoms with Gasteiger partial charge in [-0.3, -0.25) is 4.79 Å². The van der Waals surface area contributed by atoms with Crippen LogP contribution in [0.25, 0.3) is 0 Å². The number of ether oxygens (including phenoxy) is 2. The van der Waals surface area contributed by atoms with Crippen LogP contribution < -0.4 is 0 Å². The van der Waals surface area contributed by atoms with Crippen LogP contribution in [0.2, 0.25) is 0 Å². The zero-order chi connectivity index (χ0) is 39.4. The fraction of sp³-hybridized carbons (Fsp3) is 0.938. The Morgan fingerprint density at radius 1 is 0.500 bits per heavy atom. The van der Waals surface area contributed by atoms with E-state index in [0.29, 0.717) is 6.42 Å². The topological polar surface area (TPSA) is 38.8 Å². The Morgan fingerprint density at radius 3 is 1.46 bits per heavy atom. The summed E-state index contributed by atoms with van der Waals surface area (Å²) in [6, 6.07) is 0. The third-order valence-corrected chi connectivity index (χ3v) is 13.4. The first-order valence-corrected chi connectivity index (χ1v) is 26.5. The van der Waals surface area contributed by atoms with Crippen molar-refractivity contribution < 1.29 is 14.3 Å². The van der Waals surface area contributed by atoms with Crippen LogP contribution in [0.3, 0.4) is 0 Å². The van der Waals surface area contributed by atoms with Gasteiger partial charge in [0.25, 0.3) is 0 Å². The Hall–Kier alpha value is -0.330. The van der Waals surface area contributed by atoms with Gasteiger partial charge in [-0.2, -0.15) is 0 Å². The number of unbranched alkanes of at least 4 members (excludes halogenated alkanes) is 24. The molecule has 0 atom stereocenters. The van der Waals surface area contributed by atoms with Gasteiger partial charge in [-0.15, -0.1) is 0 Å². The average molecular weight is 798 g/mol. The van der Waals surface area contributed by atoms with Crippen LogP contribution in [-0.2, 0) is 14.3 Å². The fourth-order valence-corrected chi connectivity index (χ4v) is 9.09. The molecule has 0 rings (SSSR count). The molecule has 322 valence electrons. The van der Waals surface area contributed by atoms with Gasteiger partial charge in [0, 0.05) is 24.3 Å². The van der Waals surface area contributed by atoms with Crippen molar-refractivity contribution in [3.63, 3.8) is 0 Å². The molecule has 0 saturated carbocycles. The maximum Gasteiger partial charge on any atom is 0.306 e. The van der Waals surface area contributed by atoms with E-state index in [1.165, 1.54) is 211 Å². The lowest BCUT2D eigenvalue weighted by Gasteiger charge is -2.22. The van der Waals surface area contributed by atoms with Gasteiger partial charge in [0.05, 0.1) is 12.4 Å². The van der Waals surface area contributed by atoms with E-state index >= 15 is 0 Å². The molecule has 0 amide bonds. The minimum atomic E-state index is 0.0530. The maximum absolute atomic E-state index is 12.8. The van der Waals surface area contributed by atoms with Crippen molar-refractivity contribution in [1.82, 2.24) is 4.90 Å². The molecule has 0 unspecified atom stereocenters. The van der Waals surface area contributed by atoms with Gasteiger partial charge in [0.1, 0.15) is 6.10 Å². The highest BCUT2D eigenvalue weighted by molar-refractivity contribution is 8.76. The van der Waals surface area contributed by atoms with Crippen molar-refractivity contribution in [3.8, 4) is 0 Å². The smallest absolute Gasteiger partial charge is 0.306 e. The van der Waals surface area contributed by atoms with Gasteiger partial charge in [-0.1, -0.05) is 191 Å². The van der Waals surface area contributed by atoms with Crippen LogP contribution in [0.5, 0.6) is 0 Å². The fourth-order valence-electron chi connectivity index (χ4n) is 7.28. The predicted molar refractivity (Wildman–Crippen MR) is 246 cm³/mol. The molecule has 0 N–H and O–H groups in total. The Bertz CT molecular complexity index is 750. The predicted octanol–water partition coefficient (Wildman–Crippen LogP) is 16.5. The Morgan fingerprint density at radius 2 is 0.926 bits per heavy atom. The van der Waals surface area contributed by atoms with Gasteiger partial charge in [-0.05, 0) is 90.3 Å². The highest BCUT2D eigenvalue weighted by atomic mass is 33.1. The average Bonchev–Trinajstić information content (AvgIpc) is 3.17. The van der Waals surface area contributed by atoms with Crippen LogP contribution in [0, 0.1) is 0 Å². The SMILES string of the molecule is C=C(CCCCCN(CCCCCCCC(=O)OC(CCCCCCCC)CCCCCCCC)CCCCSSCC)OCCCCCCCCCC. The van der Waals surface area contributed by atoms with Crippen molar-refractivity contribution in [2.45, 2.75) is 252 Å². The van der Waals surface area contributed by atoms with Crippen molar-refractivity contribution in [3.05, 3.63) is 12.3 Å². The number of hydrogen-bond acceptors (Lipinski definition) is 6. The molecule has 0 saturated heterocycles. The number of rotatable bonds is 46. The van der Waals surface area contributed by atoms with E-state index in [0.717, 1.165) is 44.5 Å². The number of esters is 1. The summed E-state index contributed by atoms with van der Waals surface area (Å²) >= 11 is 0. The molecule has 0 aliphatic rings. The summed E-state index contributed by atoms with van der Waals surface area (Å²) in [6.45, 7) is 17.8. The van der Waals surface area contributed by atoms with Crippen molar-refractivity contribution in [2.24, 2.45) is 0 Å². The largest absolute Gasteiger partial charge is 0.499 e. The van der Waals surface area contributed by atoms with E-state index < -0.39 is 0 Å². The molecule has 0 aliphatic carbocycles. The lowest BCUT2D eigenvalue weighted by molar-refractivity contribution is -0.150. The minimum absolute atomic E-state index is 0.0530. The van der Waals surface area contributed by atoms with Crippen molar-refractivity contribution >= 4 is 27.6 Å². The lowest BCUT2D eigenvalue weighted by atomic mass is 10.0. The van der Waals surface area contributed by atoms with Gasteiger partial charge in [-0.25, -0.2) is 0 Å². The number of hydrogen-bond donors (Lipinski definition) is 0.